The lowest BCUT2D eigenvalue weighted by atomic mass is 9.58. The normalized spacial score (nSPS) is 34.7. The van der Waals surface area contributed by atoms with E-state index in [0.717, 1.165) is 38.1 Å². The molecule has 6 nitrogen and oxygen atoms in total. The van der Waals surface area contributed by atoms with Gasteiger partial charge >= 0.3 is 0 Å². The first-order chi connectivity index (χ1) is 14.6. The Labute approximate surface area is 181 Å². The SMILES string of the molecule is CC.CC.CO.COc1ccc2c(c1)N(C)C1C(O)C(O)C3C=CCN4CCC21C34. The molecular weight excluding hydrogens is 380 g/mol. The molecule has 5 rings (SSSR count). The molecule has 6 heteroatoms. The van der Waals surface area contributed by atoms with Gasteiger partial charge in [0.1, 0.15) is 11.9 Å². The minimum Gasteiger partial charge on any atom is -0.497 e. The fourth-order valence-corrected chi connectivity index (χ4v) is 6.04. The molecule has 0 radical (unpaired) electrons. The highest BCUT2D eigenvalue weighted by Gasteiger charge is 2.67. The van der Waals surface area contributed by atoms with Crippen molar-refractivity contribution in [2.24, 2.45) is 5.92 Å². The molecular formula is C24H40N2O4. The third-order valence-electron chi connectivity index (χ3n) is 6.90. The lowest BCUT2D eigenvalue weighted by Gasteiger charge is -2.54. The molecule has 1 aromatic carbocycles. The maximum atomic E-state index is 11.0. The molecule has 1 aliphatic carbocycles. The molecule has 1 aromatic rings. The highest BCUT2D eigenvalue weighted by atomic mass is 16.5. The summed E-state index contributed by atoms with van der Waals surface area (Å²) in [4.78, 5) is 4.66. The van der Waals surface area contributed by atoms with E-state index in [2.05, 4.69) is 34.1 Å². The van der Waals surface area contributed by atoms with Crippen LogP contribution in [0.2, 0.25) is 0 Å². The van der Waals surface area contributed by atoms with Gasteiger partial charge in [-0.3, -0.25) is 4.90 Å². The zero-order chi connectivity index (χ0) is 22.6. The molecule has 1 saturated heterocycles. The Balaban J connectivity index is 0.000000493. The van der Waals surface area contributed by atoms with Gasteiger partial charge in [0, 0.05) is 49.8 Å². The van der Waals surface area contributed by atoms with Crippen molar-refractivity contribution < 1.29 is 20.1 Å². The van der Waals surface area contributed by atoms with Crippen LogP contribution < -0.4 is 9.64 Å². The van der Waals surface area contributed by atoms with Crippen LogP contribution in [0.15, 0.2) is 30.4 Å². The van der Waals surface area contributed by atoms with Crippen LogP contribution in [0.5, 0.6) is 5.75 Å². The summed E-state index contributed by atoms with van der Waals surface area (Å²) < 4.78 is 5.41. The van der Waals surface area contributed by atoms with E-state index < -0.39 is 12.2 Å². The molecule has 30 heavy (non-hydrogen) atoms. The van der Waals surface area contributed by atoms with Crippen LogP contribution >= 0.6 is 0 Å². The van der Waals surface area contributed by atoms with Crippen LogP contribution in [-0.2, 0) is 5.41 Å². The first-order valence-electron chi connectivity index (χ1n) is 11.2. The molecule has 0 amide bonds. The number of aliphatic hydroxyl groups is 3. The topological polar surface area (TPSA) is 76.4 Å². The van der Waals surface area contributed by atoms with Gasteiger partial charge in [0.15, 0.2) is 0 Å². The summed E-state index contributed by atoms with van der Waals surface area (Å²) in [5.74, 6) is 0.828. The summed E-state index contributed by atoms with van der Waals surface area (Å²) in [7, 11) is 4.72. The molecule has 0 aromatic heterocycles. The molecule has 3 heterocycles. The zero-order valence-corrected chi connectivity index (χ0v) is 19.5. The first kappa shape index (κ1) is 24.7. The molecule has 6 unspecified atom stereocenters. The van der Waals surface area contributed by atoms with Crippen LogP contribution in [0, 0.1) is 5.92 Å². The largest absolute Gasteiger partial charge is 0.497 e. The average molecular weight is 421 g/mol. The maximum Gasteiger partial charge on any atom is 0.120 e. The molecule has 6 atom stereocenters. The second kappa shape index (κ2) is 10.1. The fourth-order valence-electron chi connectivity index (χ4n) is 6.04. The third kappa shape index (κ3) is 3.34. The molecule has 170 valence electrons. The second-order valence-electron chi connectivity index (χ2n) is 7.66. The van der Waals surface area contributed by atoms with Gasteiger partial charge in [0.2, 0.25) is 0 Å². The summed E-state index contributed by atoms with van der Waals surface area (Å²) in [5, 5.41) is 28.8. The Morgan fingerprint density at radius 2 is 1.70 bits per heavy atom. The number of hydrogen-bond donors (Lipinski definition) is 3. The van der Waals surface area contributed by atoms with Crippen molar-refractivity contribution >= 4 is 5.69 Å². The quantitative estimate of drug-likeness (QED) is 0.606. The summed E-state index contributed by atoms with van der Waals surface area (Å²) in [6, 6.07) is 6.43. The molecule has 3 aliphatic heterocycles. The molecule has 4 aliphatic rings. The van der Waals surface area contributed by atoms with Crippen molar-refractivity contribution in [1.82, 2.24) is 4.90 Å². The van der Waals surface area contributed by atoms with Gasteiger partial charge < -0.3 is 25.0 Å². The Bertz CT molecular complexity index is 725. The van der Waals surface area contributed by atoms with Gasteiger partial charge in [-0.05, 0) is 24.6 Å². The minimum absolute atomic E-state index is 0.00560. The van der Waals surface area contributed by atoms with Gasteiger partial charge in [0.25, 0.3) is 0 Å². The monoisotopic (exact) mass is 420 g/mol. The third-order valence-corrected chi connectivity index (χ3v) is 6.90. The number of fused-ring (bicyclic) bond motifs is 1. The zero-order valence-electron chi connectivity index (χ0n) is 19.5. The molecule has 0 bridgehead atoms. The van der Waals surface area contributed by atoms with Gasteiger partial charge in [-0.15, -0.1) is 0 Å². The van der Waals surface area contributed by atoms with Gasteiger partial charge in [-0.1, -0.05) is 45.9 Å². The van der Waals surface area contributed by atoms with E-state index in [4.69, 9.17) is 9.84 Å². The number of hydrogen-bond acceptors (Lipinski definition) is 6. The van der Waals surface area contributed by atoms with Crippen molar-refractivity contribution in [2.75, 3.05) is 39.3 Å². The minimum atomic E-state index is -0.752. The number of likely N-dealkylation sites (N-methyl/N-ethyl adjacent to an activating group) is 1. The summed E-state index contributed by atoms with van der Waals surface area (Å²) in [6.07, 6.45) is 3.82. The highest BCUT2D eigenvalue weighted by molar-refractivity contribution is 5.69. The summed E-state index contributed by atoms with van der Waals surface area (Å²) in [5.41, 5.74) is 2.31. The number of benzene rings is 1. The van der Waals surface area contributed by atoms with E-state index in [-0.39, 0.29) is 23.4 Å². The predicted octanol–water partition coefficient (Wildman–Crippen LogP) is 2.41. The highest BCUT2D eigenvalue weighted by Crippen LogP contribution is 2.60. The number of anilines is 1. The lowest BCUT2D eigenvalue weighted by molar-refractivity contribution is -0.0912. The Kier molecular flexibility index (Phi) is 8.34. The molecule has 3 N–H and O–H groups in total. The molecule has 1 spiro atoms. The van der Waals surface area contributed by atoms with Crippen molar-refractivity contribution in [3.8, 4) is 5.75 Å². The Hall–Kier alpha value is -1.60. The standard InChI is InChI=1S/C19H24N2O3.2C2H6.CH4O/c1-20-14-10-11(24-2)5-6-13(14)19-7-9-21-8-3-4-12(17(19)21)15(22)16(23)18(19)20;3*1-2/h3-6,10,12,15-18,22-23H,7-9H2,1-2H3;2*1-2H3;2H,1H3. The van der Waals surface area contributed by atoms with Crippen LogP contribution in [0.3, 0.4) is 0 Å². The maximum absolute atomic E-state index is 11.0. The molecule has 1 saturated carbocycles. The van der Waals surface area contributed by atoms with Crippen LogP contribution in [0.1, 0.15) is 39.7 Å². The summed E-state index contributed by atoms with van der Waals surface area (Å²) >= 11 is 0. The predicted molar refractivity (Wildman–Crippen MR) is 122 cm³/mol. The number of aliphatic hydroxyl groups excluding tert-OH is 3. The first-order valence-corrected chi connectivity index (χ1v) is 11.2. The lowest BCUT2D eigenvalue weighted by Crippen LogP contribution is -2.69. The van der Waals surface area contributed by atoms with E-state index in [0.29, 0.717) is 0 Å². The summed E-state index contributed by atoms with van der Waals surface area (Å²) in [6.45, 7) is 9.95. The van der Waals surface area contributed by atoms with Gasteiger partial charge in [0.05, 0.1) is 19.3 Å². The van der Waals surface area contributed by atoms with E-state index in [1.165, 1.54) is 5.56 Å². The smallest absolute Gasteiger partial charge is 0.120 e. The van der Waals surface area contributed by atoms with Crippen molar-refractivity contribution in [2.45, 2.75) is 63.8 Å². The Morgan fingerprint density at radius 3 is 2.33 bits per heavy atom. The van der Waals surface area contributed by atoms with E-state index in [1.807, 2.05) is 40.8 Å². The van der Waals surface area contributed by atoms with Crippen molar-refractivity contribution in [3.05, 3.63) is 35.9 Å². The number of nitrogens with zero attached hydrogens (tertiary/aromatic N) is 2. The van der Waals surface area contributed by atoms with Crippen LogP contribution in [0.4, 0.5) is 5.69 Å². The van der Waals surface area contributed by atoms with Crippen LogP contribution in [-0.4, -0.2) is 78.9 Å². The van der Waals surface area contributed by atoms with Gasteiger partial charge in [-0.25, -0.2) is 0 Å². The average Bonchev–Trinajstić information content (AvgIpc) is 3.33. The van der Waals surface area contributed by atoms with E-state index in [9.17, 15) is 10.2 Å². The van der Waals surface area contributed by atoms with Crippen molar-refractivity contribution in [1.29, 1.82) is 0 Å². The van der Waals surface area contributed by atoms with Crippen LogP contribution in [0.25, 0.3) is 0 Å². The number of rotatable bonds is 1. The Morgan fingerprint density at radius 1 is 1.03 bits per heavy atom. The number of methoxy groups -OCH3 is 1. The number of ether oxygens (including phenoxy) is 1. The van der Waals surface area contributed by atoms with Gasteiger partial charge in [-0.2, -0.15) is 0 Å². The fraction of sp³-hybridized carbons (Fsp3) is 0.667. The second-order valence-corrected chi connectivity index (χ2v) is 7.66. The van der Waals surface area contributed by atoms with E-state index in [1.54, 1.807) is 7.11 Å². The van der Waals surface area contributed by atoms with Crippen molar-refractivity contribution in [3.63, 3.8) is 0 Å². The van der Waals surface area contributed by atoms with E-state index >= 15 is 0 Å². The molecule has 2 fully saturated rings.